The summed E-state index contributed by atoms with van der Waals surface area (Å²) in [4.78, 5) is 26.6. The van der Waals surface area contributed by atoms with Crippen LogP contribution in [0, 0.1) is 13.8 Å². The highest BCUT2D eigenvalue weighted by molar-refractivity contribution is 6.26. The predicted molar refractivity (Wildman–Crippen MR) is 127 cm³/mol. The standard InChI is InChI=1S/C29H26O2/c1-19-16-20(2)18-24(17-19)27(21(3)30)26-15-14-25(22-10-6-4-7-11-22)28(26)29(31)23-12-8-5-9-13-23/h4-13,16-18H,14-15H2,1-3H3/b27-26+. The summed E-state index contributed by atoms with van der Waals surface area (Å²) in [5.74, 6) is -0.0252. The number of rotatable bonds is 5. The monoisotopic (exact) mass is 406 g/mol. The summed E-state index contributed by atoms with van der Waals surface area (Å²) in [7, 11) is 0. The summed E-state index contributed by atoms with van der Waals surface area (Å²) in [6.07, 6.45) is 1.43. The van der Waals surface area contributed by atoms with Crippen molar-refractivity contribution in [3.05, 3.63) is 118 Å². The van der Waals surface area contributed by atoms with E-state index in [2.05, 4.69) is 6.07 Å². The van der Waals surface area contributed by atoms with Gasteiger partial charge in [-0.15, -0.1) is 0 Å². The van der Waals surface area contributed by atoms with Crippen LogP contribution in [0.2, 0.25) is 0 Å². The Balaban J connectivity index is 2.00. The summed E-state index contributed by atoms with van der Waals surface area (Å²) >= 11 is 0. The highest BCUT2D eigenvalue weighted by Gasteiger charge is 2.31. The van der Waals surface area contributed by atoms with E-state index < -0.39 is 0 Å². The van der Waals surface area contributed by atoms with Crippen LogP contribution < -0.4 is 0 Å². The molecule has 0 amide bonds. The van der Waals surface area contributed by atoms with Crippen molar-refractivity contribution >= 4 is 22.7 Å². The molecule has 0 bridgehead atoms. The van der Waals surface area contributed by atoms with Crippen molar-refractivity contribution in [1.82, 2.24) is 0 Å². The first kappa shape index (κ1) is 20.7. The van der Waals surface area contributed by atoms with Crippen LogP contribution in [0.15, 0.2) is 90.0 Å². The fourth-order valence-electron chi connectivity index (χ4n) is 4.58. The van der Waals surface area contributed by atoms with Crippen molar-refractivity contribution in [3.8, 4) is 0 Å². The molecular formula is C29H26O2. The van der Waals surface area contributed by atoms with Gasteiger partial charge < -0.3 is 0 Å². The maximum Gasteiger partial charge on any atom is 0.193 e. The maximum absolute atomic E-state index is 13.7. The van der Waals surface area contributed by atoms with Crippen LogP contribution in [0.4, 0.5) is 0 Å². The zero-order chi connectivity index (χ0) is 22.0. The van der Waals surface area contributed by atoms with E-state index in [-0.39, 0.29) is 11.6 Å². The second-order valence-electron chi connectivity index (χ2n) is 8.20. The van der Waals surface area contributed by atoms with Crippen LogP contribution in [0.1, 0.15) is 52.4 Å². The second-order valence-corrected chi connectivity index (χ2v) is 8.20. The number of carbonyl (C=O) groups excluding carboxylic acids is 2. The van der Waals surface area contributed by atoms with Gasteiger partial charge in [-0.05, 0) is 55.9 Å². The summed E-state index contributed by atoms with van der Waals surface area (Å²) < 4.78 is 0. The molecule has 0 saturated heterocycles. The summed E-state index contributed by atoms with van der Waals surface area (Å²) in [6.45, 7) is 5.68. The van der Waals surface area contributed by atoms with Gasteiger partial charge in [0.15, 0.2) is 11.6 Å². The first-order chi connectivity index (χ1) is 15.0. The molecule has 3 aromatic rings. The van der Waals surface area contributed by atoms with Crippen LogP contribution in [-0.2, 0) is 4.79 Å². The lowest BCUT2D eigenvalue weighted by atomic mass is 9.87. The van der Waals surface area contributed by atoms with E-state index in [1.54, 1.807) is 6.92 Å². The molecule has 1 aliphatic rings. The Kier molecular flexibility index (Phi) is 5.81. The van der Waals surface area contributed by atoms with E-state index in [9.17, 15) is 9.59 Å². The van der Waals surface area contributed by atoms with Gasteiger partial charge in [-0.1, -0.05) is 90.0 Å². The summed E-state index contributed by atoms with van der Waals surface area (Å²) in [5.41, 5.74) is 8.03. The molecule has 0 fully saturated rings. The normalized spacial score (nSPS) is 15.2. The lowest BCUT2D eigenvalue weighted by Crippen LogP contribution is -2.09. The molecule has 0 saturated carbocycles. The Morgan fingerprint density at radius 2 is 1.29 bits per heavy atom. The molecule has 0 atom stereocenters. The third-order valence-electron chi connectivity index (χ3n) is 5.78. The Bertz CT molecular complexity index is 1190. The Labute approximate surface area is 183 Å². The highest BCUT2D eigenvalue weighted by atomic mass is 16.1. The summed E-state index contributed by atoms with van der Waals surface area (Å²) in [6, 6.07) is 25.6. The number of hydrogen-bond acceptors (Lipinski definition) is 2. The molecular weight excluding hydrogens is 380 g/mol. The van der Waals surface area contributed by atoms with Crippen molar-refractivity contribution in [2.45, 2.75) is 33.6 Å². The third kappa shape index (κ3) is 4.20. The first-order valence-corrected chi connectivity index (χ1v) is 10.7. The molecule has 0 spiro atoms. The zero-order valence-electron chi connectivity index (χ0n) is 18.2. The number of Topliss-reactive ketones (excluding diaryl/α,β-unsaturated/α-hetero) is 2. The molecule has 31 heavy (non-hydrogen) atoms. The van der Waals surface area contributed by atoms with Crippen molar-refractivity contribution in [3.63, 3.8) is 0 Å². The van der Waals surface area contributed by atoms with Gasteiger partial charge in [0.1, 0.15) is 0 Å². The number of benzene rings is 3. The van der Waals surface area contributed by atoms with Crippen LogP contribution in [0.3, 0.4) is 0 Å². The molecule has 3 aromatic carbocycles. The molecule has 0 unspecified atom stereocenters. The van der Waals surface area contributed by atoms with E-state index in [0.717, 1.165) is 39.8 Å². The van der Waals surface area contributed by atoms with E-state index in [4.69, 9.17) is 0 Å². The summed E-state index contributed by atoms with van der Waals surface area (Å²) in [5, 5.41) is 0. The van der Waals surface area contributed by atoms with Gasteiger partial charge in [-0.25, -0.2) is 0 Å². The number of ketones is 2. The molecule has 0 N–H and O–H groups in total. The van der Waals surface area contributed by atoms with E-state index >= 15 is 0 Å². The SMILES string of the molecule is CC(=O)/C(=C1/CCC(c2ccccc2)=C1C(=O)c1ccccc1)c1cc(C)cc(C)c1. The van der Waals surface area contributed by atoms with E-state index in [1.807, 2.05) is 86.6 Å². The topological polar surface area (TPSA) is 34.1 Å². The van der Waals surface area contributed by atoms with E-state index in [0.29, 0.717) is 23.1 Å². The van der Waals surface area contributed by atoms with Crippen molar-refractivity contribution < 1.29 is 9.59 Å². The molecule has 4 rings (SSSR count). The second kappa shape index (κ2) is 8.69. The van der Waals surface area contributed by atoms with Gasteiger partial charge in [0, 0.05) is 16.7 Å². The molecule has 0 aliphatic heterocycles. The third-order valence-corrected chi connectivity index (χ3v) is 5.78. The van der Waals surface area contributed by atoms with Gasteiger partial charge >= 0.3 is 0 Å². The molecule has 0 aromatic heterocycles. The van der Waals surface area contributed by atoms with Gasteiger partial charge in [-0.2, -0.15) is 0 Å². The highest BCUT2D eigenvalue weighted by Crippen LogP contribution is 2.43. The Hall–Kier alpha value is -3.52. The minimum Gasteiger partial charge on any atom is -0.294 e. The minimum absolute atomic E-state index is 0.00678. The van der Waals surface area contributed by atoms with Gasteiger partial charge in [0.05, 0.1) is 0 Å². The van der Waals surface area contributed by atoms with Crippen LogP contribution >= 0.6 is 0 Å². The van der Waals surface area contributed by atoms with Crippen LogP contribution in [-0.4, -0.2) is 11.6 Å². The fourth-order valence-corrected chi connectivity index (χ4v) is 4.58. The number of hydrogen-bond donors (Lipinski definition) is 0. The Morgan fingerprint density at radius 1 is 0.710 bits per heavy atom. The zero-order valence-corrected chi connectivity index (χ0v) is 18.2. The molecule has 0 radical (unpaired) electrons. The van der Waals surface area contributed by atoms with Crippen molar-refractivity contribution in [1.29, 1.82) is 0 Å². The van der Waals surface area contributed by atoms with Gasteiger partial charge in [0.2, 0.25) is 0 Å². The van der Waals surface area contributed by atoms with Gasteiger partial charge in [0.25, 0.3) is 0 Å². The quantitative estimate of drug-likeness (QED) is 0.346. The van der Waals surface area contributed by atoms with Crippen molar-refractivity contribution in [2.75, 3.05) is 0 Å². The van der Waals surface area contributed by atoms with Crippen LogP contribution in [0.5, 0.6) is 0 Å². The van der Waals surface area contributed by atoms with E-state index in [1.165, 1.54) is 0 Å². The largest absolute Gasteiger partial charge is 0.294 e. The fraction of sp³-hybridized carbons (Fsp3) is 0.172. The molecule has 0 heterocycles. The number of aryl methyl sites for hydroxylation is 2. The molecule has 2 heteroatoms. The lowest BCUT2D eigenvalue weighted by molar-refractivity contribution is -0.111. The smallest absolute Gasteiger partial charge is 0.193 e. The van der Waals surface area contributed by atoms with Crippen LogP contribution in [0.25, 0.3) is 11.1 Å². The lowest BCUT2D eigenvalue weighted by Gasteiger charge is -2.15. The Morgan fingerprint density at radius 3 is 1.87 bits per heavy atom. The average molecular weight is 407 g/mol. The molecule has 1 aliphatic carbocycles. The van der Waals surface area contributed by atoms with Crippen molar-refractivity contribution in [2.24, 2.45) is 0 Å². The predicted octanol–water partition coefficient (Wildman–Crippen LogP) is 6.78. The molecule has 154 valence electrons. The molecule has 2 nitrogen and oxygen atoms in total. The number of carbonyl (C=O) groups is 2. The maximum atomic E-state index is 13.7. The number of allylic oxidation sites excluding steroid dienone is 4. The minimum atomic E-state index is -0.0184. The average Bonchev–Trinajstić information content (AvgIpc) is 3.18. The van der Waals surface area contributed by atoms with Gasteiger partial charge in [-0.3, -0.25) is 9.59 Å². The first-order valence-electron chi connectivity index (χ1n) is 10.7.